The van der Waals surface area contributed by atoms with E-state index in [-0.39, 0.29) is 18.2 Å². The van der Waals surface area contributed by atoms with Crippen LogP contribution < -0.4 is 15.0 Å². The van der Waals surface area contributed by atoms with Gasteiger partial charge in [-0.2, -0.15) is 0 Å². The molecule has 1 fully saturated rings. The Balaban J connectivity index is 1.38. The molecule has 0 bridgehead atoms. The lowest BCUT2D eigenvalue weighted by Crippen LogP contribution is -2.50. The Labute approximate surface area is 234 Å². The number of benzene rings is 1. The number of fused-ring (bicyclic) bond motifs is 3. The lowest BCUT2D eigenvalue weighted by Gasteiger charge is -2.37. The third-order valence-corrected chi connectivity index (χ3v) is 6.56. The number of ether oxygens (including phenoxy) is 2. The van der Waals surface area contributed by atoms with Crippen LogP contribution in [0.15, 0.2) is 36.9 Å². The van der Waals surface area contributed by atoms with Crippen LogP contribution in [0.3, 0.4) is 0 Å². The minimum atomic E-state index is -0.518. The summed E-state index contributed by atoms with van der Waals surface area (Å²) in [5.41, 5.74) is 3.07. The highest BCUT2D eigenvalue weighted by atomic mass is 16.6. The van der Waals surface area contributed by atoms with Crippen molar-refractivity contribution in [2.75, 3.05) is 36.4 Å². The van der Waals surface area contributed by atoms with E-state index >= 15 is 0 Å². The molecule has 11 heteroatoms. The Hall–Kier alpha value is -4.15. The summed E-state index contributed by atoms with van der Waals surface area (Å²) in [5.74, 6) is 1.73. The number of pyridine rings is 1. The van der Waals surface area contributed by atoms with Crippen LogP contribution in [-0.2, 0) is 4.74 Å². The van der Waals surface area contributed by atoms with Crippen molar-refractivity contribution in [2.24, 2.45) is 0 Å². The Morgan fingerprint density at radius 3 is 2.42 bits per heavy atom. The van der Waals surface area contributed by atoms with Crippen LogP contribution in [-0.4, -0.2) is 73.4 Å². The summed E-state index contributed by atoms with van der Waals surface area (Å²) in [6, 6.07) is 6.11. The first-order valence-corrected chi connectivity index (χ1v) is 13.8. The number of amides is 1. The fourth-order valence-electron chi connectivity index (χ4n) is 4.72. The normalized spacial score (nSPS) is 14.4. The van der Waals surface area contributed by atoms with Gasteiger partial charge in [-0.25, -0.2) is 24.7 Å². The van der Waals surface area contributed by atoms with E-state index in [4.69, 9.17) is 14.5 Å². The zero-order chi connectivity index (χ0) is 28.6. The second-order valence-corrected chi connectivity index (χ2v) is 11.6. The van der Waals surface area contributed by atoms with Gasteiger partial charge in [-0.1, -0.05) is 0 Å². The number of carbonyl (C=O) groups is 1. The van der Waals surface area contributed by atoms with Gasteiger partial charge in [0.1, 0.15) is 22.7 Å². The lowest BCUT2D eigenvalue weighted by atomic mass is 10.2. The Bertz CT molecular complexity index is 1520. The van der Waals surface area contributed by atoms with Crippen LogP contribution in [0.5, 0.6) is 5.75 Å². The summed E-state index contributed by atoms with van der Waals surface area (Å²) in [4.78, 5) is 35.0. The number of rotatable bonds is 6. The highest BCUT2D eigenvalue weighted by molar-refractivity contribution is 6.02. The molecule has 1 aliphatic heterocycles. The zero-order valence-electron chi connectivity index (χ0n) is 24.3. The number of piperazine rings is 1. The van der Waals surface area contributed by atoms with Crippen LogP contribution in [0.1, 0.15) is 54.5 Å². The van der Waals surface area contributed by atoms with Gasteiger partial charge in [-0.3, -0.25) is 0 Å². The fourth-order valence-corrected chi connectivity index (χ4v) is 4.72. The largest absolute Gasteiger partial charge is 0.489 e. The topological polar surface area (TPSA) is 111 Å². The summed E-state index contributed by atoms with van der Waals surface area (Å²) in [7, 11) is 0. The maximum atomic E-state index is 12.5. The predicted octanol–water partition coefficient (Wildman–Crippen LogP) is 5.54. The maximum Gasteiger partial charge on any atom is 0.410 e. The van der Waals surface area contributed by atoms with E-state index in [1.54, 1.807) is 11.1 Å². The van der Waals surface area contributed by atoms with Crippen molar-refractivity contribution in [1.82, 2.24) is 29.4 Å². The van der Waals surface area contributed by atoms with E-state index in [2.05, 4.69) is 43.6 Å². The van der Waals surface area contributed by atoms with E-state index < -0.39 is 5.60 Å². The number of nitrogens with one attached hydrogen (secondary N) is 1. The van der Waals surface area contributed by atoms with Crippen LogP contribution in [0.2, 0.25) is 0 Å². The molecule has 1 N–H and O–H groups in total. The molecule has 0 spiro atoms. The Kier molecular flexibility index (Phi) is 7.39. The van der Waals surface area contributed by atoms with Crippen molar-refractivity contribution in [1.29, 1.82) is 0 Å². The first-order valence-electron chi connectivity index (χ1n) is 13.8. The van der Waals surface area contributed by atoms with Gasteiger partial charge in [0.15, 0.2) is 0 Å². The number of anilines is 3. The van der Waals surface area contributed by atoms with Gasteiger partial charge < -0.3 is 29.2 Å². The standard InChI is InChI=1S/C29H38N8O3/c1-18(2)37-17-32-21-9-8-20-15-31-27(34-25(20)26(21)37)33-24-14-23(39-19(3)4)22(16-30-24)35-10-12-36(13-11-35)28(38)40-29(5,6)7/h8-9,14-19H,10-13H2,1-7H3,(H,30,31,33,34). The van der Waals surface area contributed by atoms with Crippen LogP contribution in [0.4, 0.5) is 22.2 Å². The molecule has 0 saturated carbocycles. The molecule has 11 nitrogen and oxygen atoms in total. The van der Waals surface area contributed by atoms with Crippen LogP contribution in [0, 0.1) is 0 Å². The molecule has 1 saturated heterocycles. The monoisotopic (exact) mass is 546 g/mol. The smallest absolute Gasteiger partial charge is 0.410 e. The quantitative estimate of drug-likeness (QED) is 0.333. The summed E-state index contributed by atoms with van der Waals surface area (Å²) in [5, 5.41) is 4.20. The average Bonchev–Trinajstić information content (AvgIpc) is 3.33. The number of hydrogen-bond acceptors (Lipinski definition) is 9. The number of hydrogen-bond donors (Lipinski definition) is 1. The van der Waals surface area contributed by atoms with Crippen molar-refractivity contribution in [3.63, 3.8) is 0 Å². The second-order valence-electron chi connectivity index (χ2n) is 11.6. The summed E-state index contributed by atoms with van der Waals surface area (Å²) < 4.78 is 13.9. The number of carbonyl (C=O) groups excluding carboxylic acids is 1. The molecule has 0 radical (unpaired) electrons. The molecule has 5 rings (SSSR count). The molecule has 0 atom stereocenters. The highest BCUT2D eigenvalue weighted by Gasteiger charge is 2.27. The van der Waals surface area contributed by atoms with E-state index in [1.165, 1.54) is 0 Å². The SMILES string of the molecule is CC(C)Oc1cc(Nc2ncc3ccc4ncn(C(C)C)c4c3n2)ncc1N1CCN(C(=O)OC(C)(C)C)CC1. The van der Waals surface area contributed by atoms with Crippen molar-refractivity contribution < 1.29 is 14.3 Å². The van der Waals surface area contributed by atoms with Crippen LogP contribution in [0.25, 0.3) is 21.9 Å². The van der Waals surface area contributed by atoms with Gasteiger partial charge in [0.05, 0.1) is 35.3 Å². The zero-order valence-corrected chi connectivity index (χ0v) is 24.3. The van der Waals surface area contributed by atoms with Gasteiger partial charge in [0.2, 0.25) is 5.95 Å². The van der Waals surface area contributed by atoms with Crippen molar-refractivity contribution in [3.8, 4) is 5.75 Å². The van der Waals surface area contributed by atoms with Crippen molar-refractivity contribution in [2.45, 2.75) is 66.2 Å². The Morgan fingerprint density at radius 2 is 1.75 bits per heavy atom. The molecule has 212 valence electrons. The third kappa shape index (κ3) is 5.88. The van der Waals surface area contributed by atoms with E-state index in [0.29, 0.717) is 43.7 Å². The van der Waals surface area contributed by atoms with Gasteiger partial charge in [-0.15, -0.1) is 0 Å². The van der Waals surface area contributed by atoms with Gasteiger partial charge in [-0.05, 0) is 60.6 Å². The van der Waals surface area contributed by atoms with Gasteiger partial charge >= 0.3 is 6.09 Å². The molecule has 3 aromatic heterocycles. The van der Waals surface area contributed by atoms with E-state index in [9.17, 15) is 4.79 Å². The minimum absolute atomic E-state index is 0.0291. The number of nitrogens with zero attached hydrogens (tertiary/aromatic N) is 7. The average molecular weight is 547 g/mol. The van der Waals surface area contributed by atoms with E-state index in [0.717, 1.165) is 27.6 Å². The van der Waals surface area contributed by atoms with Gasteiger partial charge in [0, 0.05) is 49.9 Å². The fraction of sp³-hybridized carbons (Fsp3) is 0.483. The molecule has 40 heavy (non-hydrogen) atoms. The Morgan fingerprint density at radius 1 is 1.00 bits per heavy atom. The van der Waals surface area contributed by atoms with Gasteiger partial charge in [0.25, 0.3) is 0 Å². The van der Waals surface area contributed by atoms with Crippen molar-refractivity contribution >= 4 is 45.5 Å². The molecule has 0 aliphatic carbocycles. The molecular formula is C29H38N8O3. The lowest BCUT2D eigenvalue weighted by molar-refractivity contribution is 0.0240. The molecule has 1 aliphatic rings. The van der Waals surface area contributed by atoms with Crippen molar-refractivity contribution in [3.05, 3.63) is 36.9 Å². The first kappa shape index (κ1) is 27.4. The molecule has 1 amide bonds. The number of imidazole rings is 1. The number of aromatic nitrogens is 5. The second kappa shape index (κ2) is 10.8. The highest BCUT2D eigenvalue weighted by Crippen LogP contribution is 2.33. The molecule has 4 aromatic rings. The summed E-state index contributed by atoms with van der Waals surface area (Å²) in [6.45, 7) is 16.3. The maximum absolute atomic E-state index is 12.5. The summed E-state index contributed by atoms with van der Waals surface area (Å²) in [6.07, 6.45) is 5.15. The van der Waals surface area contributed by atoms with E-state index in [1.807, 2.05) is 65.3 Å². The molecule has 4 heterocycles. The first-order chi connectivity index (χ1) is 19.0. The predicted molar refractivity (Wildman–Crippen MR) is 157 cm³/mol. The summed E-state index contributed by atoms with van der Waals surface area (Å²) >= 11 is 0. The molecule has 0 unspecified atom stereocenters. The van der Waals surface area contributed by atoms with Crippen LogP contribution >= 0.6 is 0 Å². The molecule has 1 aromatic carbocycles. The third-order valence-electron chi connectivity index (χ3n) is 6.56. The molecular weight excluding hydrogens is 508 g/mol. The minimum Gasteiger partial charge on any atom is -0.489 e.